The molecule has 1 N–H and O–H groups in total. The zero-order valence-electron chi connectivity index (χ0n) is 10.2. The van der Waals surface area contributed by atoms with Gasteiger partial charge < -0.3 is 10.2 Å². The van der Waals surface area contributed by atoms with Crippen molar-refractivity contribution in [2.24, 2.45) is 11.8 Å². The van der Waals surface area contributed by atoms with E-state index in [4.69, 9.17) is 0 Å². The van der Waals surface area contributed by atoms with Crippen LogP contribution >= 0.6 is 0 Å². The third-order valence-electron chi connectivity index (χ3n) is 3.29. The van der Waals surface area contributed by atoms with Crippen molar-refractivity contribution >= 4 is 0 Å². The number of nitrogens with zero attached hydrogens (tertiary/aromatic N) is 1. The van der Waals surface area contributed by atoms with Crippen LogP contribution < -0.4 is 5.32 Å². The van der Waals surface area contributed by atoms with Gasteiger partial charge in [0, 0.05) is 19.1 Å². The molecule has 84 valence electrons. The van der Waals surface area contributed by atoms with Crippen LogP contribution in [0.5, 0.6) is 0 Å². The lowest BCUT2D eigenvalue weighted by molar-refractivity contribution is 0.224. The summed E-state index contributed by atoms with van der Waals surface area (Å²) in [5.74, 6) is 1.74. The first-order chi connectivity index (χ1) is 6.67. The summed E-state index contributed by atoms with van der Waals surface area (Å²) in [7, 11) is 2.08. The van der Waals surface area contributed by atoms with Crippen LogP contribution in [0.15, 0.2) is 0 Å². The minimum Gasteiger partial charge on any atom is -0.315 e. The van der Waals surface area contributed by atoms with Gasteiger partial charge in [-0.3, -0.25) is 0 Å². The Morgan fingerprint density at radius 1 is 1.36 bits per heavy atom. The highest BCUT2D eigenvalue weighted by Crippen LogP contribution is 2.29. The van der Waals surface area contributed by atoms with E-state index in [-0.39, 0.29) is 0 Å². The number of likely N-dealkylation sites (N-methyl/N-ethyl adjacent to an activating group) is 2. The molecule has 1 atom stereocenters. The molecule has 14 heavy (non-hydrogen) atoms. The summed E-state index contributed by atoms with van der Waals surface area (Å²) in [6.07, 6.45) is 2.92. The smallest absolute Gasteiger partial charge is 0.0214 e. The van der Waals surface area contributed by atoms with Gasteiger partial charge in [-0.25, -0.2) is 0 Å². The summed E-state index contributed by atoms with van der Waals surface area (Å²) in [5.41, 5.74) is 0. The third kappa shape index (κ3) is 3.97. The molecule has 0 saturated heterocycles. The Labute approximate surface area is 89.1 Å². The van der Waals surface area contributed by atoms with Crippen LogP contribution in [-0.4, -0.2) is 37.6 Å². The van der Waals surface area contributed by atoms with E-state index in [9.17, 15) is 0 Å². The standard InChI is InChI=1S/C12H26N2/c1-5-14(8-11-6-7-11)9-12(13-4)10(2)3/h10-13H,5-9H2,1-4H3. The zero-order chi connectivity index (χ0) is 10.6. The third-order valence-corrected chi connectivity index (χ3v) is 3.29. The summed E-state index contributed by atoms with van der Waals surface area (Å²) in [6.45, 7) is 10.6. The van der Waals surface area contributed by atoms with E-state index in [0.717, 1.165) is 11.8 Å². The number of hydrogen-bond acceptors (Lipinski definition) is 2. The molecule has 0 aromatic carbocycles. The molecule has 1 aliphatic rings. The highest BCUT2D eigenvalue weighted by Gasteiger charge is 2.25. The molecular weight excluding hydrogens is 172 g/mol. The van der Waals surface area contributed by atoms with Gasteiger partial charge in [-0.2, -0.15) is 0 Å². The Bertz CT molecular complexity index is 152. The maximum Gasteiger partial charge on any atom is 0.0214 e. The fourth-order valence-corrected chi connectivity index (χ4v) is 1.91. The Morgan fingerprint density at radius 2 is 2.00 bits per heavy atom. The average Bonchev–Trinajstić information content (AvgIpc) is 2.95. The van der Waals surface area contributed by atoms with Gasteiger partial charge >= 0.3 is 0 Å². The summed E-state index contributed by atoms with van der Waals surface area (Å²) >= 11 is 0. The predicted octanol–water partition coefficient (Wildman–Crippen LogP) is 1.96. The molecule has 0 bridgehead atoms. The Balaban J connectivity index is 2.28. The Kier molecular flexibility index (Phi) is 4.90. The van der Waals surface area contributed by atoms with Gasteiger partial charge in [0.1, 0.15) is 0 Å². The first-order valence-electron chi connectivity index (χ1n) is 6.07. The van der Waals surface area contributed by atoms with Gasteiger partial charge in [-0.05, 0) is 38.3 Å². The second kappa shape index (κ2) is 5.72. The Morgan fingerprint density at radius 3 is 2.36 bits per heavy atom. The molecule has 1 rings (SSSR count). The van der Waals surface area contributed by atoms with Gasteiger partial charge in [0.05, 0.1) is 0 Å². The minimum absolute atomic E-state index is 0.647. The van der Waals surface area contributed by atoms with Crippen molar-refractivity contribution in [3.63, 3.8) is 0 Å². The fraction of sp³-hybridized carbons (Fsp3) is 1.00. The maximum absolute atomic E-state index is 3.42. The van der Waals surface area contributed by atoms with E-state index in [1.165, 1.54) is 32.5 Å². The van der Waals surface area contributed by atoms with Crippen LogP contribution in [0.3, 0.4) is 0 Å². The summed E-state index contributed by atoms with van der Waals surface area (Å²) in [4.78, 5) is 2.60. The molecule has 1 unspecified atom stereocenters. The van der Waals surface area contributed by atoms with E-state index < -0.39 is 0 Å². The molecular formula is C12H26N2. The fourth-order valence-electron chi connectivity index (χ4n) is 1.91. The highest BCUT2D eigenvalue weighted by atomic mass is 15.1. The summed E-state index contributed by atoms with van der Waals surface area (Å²) in [6, 6.07) is 0.647. The van der Waals surface area contributed by atoms with Crippen molar-refractivity contribution in [2.45, 2.75) is 39.7 Å². The Hall–Kier alpha value is -0.0800. The summed E-state index contributed by atoms with van der Waals surface area (Å²) in [5, 5.41) is 3.42. The normalized spacial score (nSPS) is 19.3. The molecule has 0 spiro atoms. The molecule has 0 heterocycles. The van der Waals surface area contributed by atoms with Gasteiger partial charge in [0.2, 0.25) is 0 Å². The van der Waals surface area contributed by atoms with Crippen LogP contribution in [0.25, 0.3) is 0 Å². The molecule has 1 aliphatic carbocycles. The van der Waals surface area contributed by atoms with E-state index in [2.05, 4.69) is 38.0 Å². The highest BCUT2D eigenvalue weighted by molar-refractivity contribution is 4.80. The molecule has 1 fully saturated rings. The molecule has 0 aliphatic heterocycles. The summed E-state index contributed by atoms with van der Waals surface area (Å²) < 4.78 is 0. The van der Waals surface area contributed by atoms with E-state index in [1.807, 2.05) is 0 Å². The molecule has 0 aromatic heterocycles. The largest absolute Gasteiger partial charge is 0.315 e. The van der Waals surface area contributed by atoms with Crippen LogP contribution in [0, 0.1) is 11.8 Å². The van der Waals surface area contributed by atoms with Crippen molar-refractivity contribution in [1.82, 2.24) is 10.2 Å². The van der Waals surface area contributed by atoms with Crippen molar-refractivity contribution in [1.29, 1.82) is 0 Å². The van der Waals surface area contributed by atoms with E-state index >= 15 is 0 Å². The minimum atomic E-state index is 0.647. The first-order valence-corrected chi connectivity index (χ1v) is 6.07. The van der Waals surface area contributed by atoms with Crippen molar-refractivity contribution in [3.05, 3.63) is 0 Å². The molecule has 0 aromatic rings. The molecule has 1 saturated carbocycles. The molecule has 2 heteroatoms. The van der Waals surface area contributed by atoms with Crippen LogP contribution in [-0.2, 0) is 0 Å². The number of hydrogen-bond donors (Lipinski definition) is 1. The maximum atomic E-state index is 3.42. The number of nitrogens with one attached hydrogen (secondary N) is 1. The monoisotopic (exact) mass is 198 g/mol. The SMILES string of the molecule is CCN(CC1CC1)CC(NC)C(C)C. The van der Waals surface area contributed by atoms with Crippen LogP contribution in [0.1, 0.15) is 33.6 Å². The average molecular weight is 198 g/mol. The van der Waals surface area contributed by atoms with E-state index in [1.54, 1.807) is 0 Å². The van der Waals surface area contributed by atoms with Gasteiger partial charge in [0.15, 0.2) is 0 Å². The van der Waals surface area contributed by atoms with Crippen molar-refractivity contribution in [2.75, 3.05) is 26.7 Å². The second-order valence-corrected chi connectivity index (χ2v) is 4.93. The van der Waals surface area contributed by atoms with Gasteiger partial charge in [0.25, 0.3) is 0 Å². The first kappa shape index (κ1) is 12.0. The lowest BCUT2D eigenvalue weighted by Crippen LogP contribution is -2.43. The van der Waals surface area contributed by atoms with Crippen molar-refractivity contribution in [3.8, 4) is 0 Å². The molecule has 0 radical (unpaired) electrons. The molecule has 2 nitrogen and oxygen atoms in total. The van der Waals surface area contributed by atoms with Crippen LogP contribution in [0.4, 0.5) is 0 Å². The number of rotatable bonds is 7. The van der Waals surface area contributed by atoms with Gasteiger partial charge in [-0.15, -0.1) is 0 Å². The van der Waals surface area contributed by atoms with Crippen LogP contribution in [0.2, 0.25) is 0 Å². The second-order valence-electron chi connectivity index (χ2n) is 4.93. The quantitative estimate of drug-likeness (QED) is 0.673. The van der Waals surface area contributed by atoms with Crippen molar-refractivity contribution < 1.29 is 0 Å². The topological polar surface area (TPSA) is 15.3 Å². The lowest BCUT2D eigenvalue weighted by Gasteiger charge is -2.28. The van der Waals surface area contributed by atoms with E-state index in [0.29, 0.717) is 6.04 Å². The lowest BCUT2D eigenvalue weighted by atomic mass is 10.0. The zero-order valence-corrected chi connectivity index (χ0v) is 10.2. The predicted molar refractivity (Wildman–Crippen MR) is 62.5 cm³/mol. The van der Waals surface area contributed by atoms with Gasteiger partial charge in [-0.1, -0.05) is 20.8 Å². The molecule has 0 amide bonds.